The number of amides is 4. The SMILES string of the molecule is COc1cc(OC2C(C)(C)C(NC(=O)c3ccc(N4CCC(CN5CCC(n6ncc7c(N8CCC(=O)NC8=O)ccnc76)CC5)CC4)c(F)c3)C2(C)C)ccc1C#N. The Morgan fingerprint density at radius 2 is 1.73 bits per heavy atom. The number of benzene rings is 2. The van der Waals surface area contributed by atoms with E-state index >= 15 is 4.39 Å². The maximum absolute atomic E-state index is 15.7. The Morgan fingerprint density at radius 3 is 2.41 bits per heavy atom. The van der Waals surface area contributed by atoms with Crippen LogP contribution in [0.25, 0.3) is 11.0 Å². The molecule has 0 atom stereocenters. The van der Waals surface area contributed by atoms with Crippen molar-refractivity contribution in [1.29, 1.82) is 5.26 Å². The van der Waals surface area contributed by atoms with Crippen molar-refractivity contribution in [2.24, 2.45) is 16.7 Å². The van der Waals surface area contributed by atoms with E-state index in [1.165, 1.54) is 13.2 Å². The van der Waals surface area contributed by atoms with Crippen molar-refractivity contribution >= 4 is 40.3 Å². The molecule has 4 fully saturated rings. The molecular formula is C44H52FN9O5. The lowest BCUT2D eigenvalue weighted by Crippen LogP contribution is -2.74. The molecular weight excluding hydrogens is 754 g/mol. The first-order valence-electron chi connectivity index (χ1n) is 20.5. The van der Waals surface area contributed by atoms with Gasteiger partial charge in [0.1, 0.15) is 29.5 Å². The Morgan fingerprint density at radius 1 is 0.983 bits per heavy atom. The maximum Gasteiger partial charge on any atom is 0.328 e. The summed E-state index contributed by atoms with van der Waals surface area (Å²) in [5.74, 6) is 0.543. The molecule has 0 spiro atoms. The number of hydrogen-bond acceptors (Lipinski definition) is 10. The molecule has 59 heavy (non-hydrogen) atoms. The molecule has 15 heteroatoms. The number of hydrogen-bond donors (Lipinski definition) is 2. The number of methoxy groups -OCH3 is 1. The van der Waals surface area contributed by atoms with E-state index in [1.807, 2.05) is 32.4 Å². The molecule has 1 aliphatic carbocycles. The van der Waals surface area contributed by atoms with E-state index in [1.54, 1.807) is 53.7 Å². The fraction of sp³-hybridized carbons (Fsp3) is 0.500. The van der Waals surface area contributed by atoms with Crippen LogP contribution in [0.3, 0.4) is 0 Å². The predicted octanol–water partition coefficient (Wildman–Crippen LogP) is 6.06. The van der Waals surface area contributed by atoms with E-state index < -0.39 is 22.7 Å². The molecule has 4 amide bonds. The molecule has 3 aliphatic heterocycles. The zero-order valence-electron chi connectivity index (χ0n) is 34.3. The van der Waals surface area contributed by atoms with E-state index in [-0.39, 0.29) is 42.0 Å². The van der Waals surface area contributed by atoms with Crippen LogP contribution >= 0.6 is 0 Å². The average Bonchev–Trinajstić information content (AvgIpc) is 3.67. The molecule has 2 aromatic heterocycles. The summed E-state index contributed by atoms with van der Waals surface area (Å²) in [5.41, 5.74) is 1.81. The third-order valence-electron chi connectivity index (χ3n) is 13.1. The number of anilines is 2. The number of nitriles is 1. The van der Waals surface area contributed by atoms with Gasteiger partial charge in [-0.3, -0.25) is 19.8 Å². The summed E-state index contributed by atoms with van der Waals surface area (Å²) in [7, 11) is 1.52. The first-order valence-corrected chi connectivity index (χ1v) is 20.5. The van der Waals surface area contributed by atoms with Crippen LogP contribution in [0.5, 0.6) is 11.5 Å². The Labute approximate surface area is 343 Å². The summed E-state index contributed by atoms with van der Waals surface area (Å²) in [6.45, 7) is 12.9. The van der Waals surface area contributed by atoms with Crippen molar-refractivity contribution in [2.45, 2.75) is 78.0 Å². The minimum absolute atomic E-state index is 0.195. The van der Waals surface area contributed by atoms with Crippen LogP contribution in [0.2, 0.25) is 0 Å². The molecule has 14 nitrogen and oxygen atoms in total. The van der Waals surface area contributed by atoms with E-state index in [0.717, 1.165) is 69.4 Å². The number of imide groups is 1. The number of ether oxygens (including phenoxy) is 2. The quantitative estimate of drug-likeness (QED) is 0.193. The number of aromatic nitrogens is 3. The molecule has 1 saturated carbocycles. The van der Waals surface area contributed by atoms with Crippen LogP contribution in [0.1, 0.15) is 81.8 Å². The number of halogens is 1. The van der Waals surface area contributed by atoms with E-state index in [0.29, 0.717) is 40.9 Å². The Hall–Kier alpha value is -5.75. The summed E-state index contributed by atoms with van der Waals surface area (Å²) in [6.07, 6.45) is 7.26. The van der Waals surface area contributed by atoms with Gasteiger partial charge in [-0.25, -0.2) is 18.9 Å². The van der Waals surface area contributed by atoms with Crippen LogP contribution in [0, 0.1) is 33.9 Å². The highest BCUT2D eigenvalue weighted by atomic mass is 19.1. The monoisotopic (exact) mass is 805 g/mol. The summed E-state index contributed by atoms with van der Waals surface area (Å²) in [4.78, 5) is 48.6. The smallest absolute Gasteiger partial charge is 0.328 e. The average molecular weight is 806 g/mol. The second kappa shape index (κ2) is 15.8. The van der Waals surface area contributed by atoms with Crippen molar-refractivity contribution in [2.75, 3.05) is 56.2 Å². The maximum atomic E-state index is 15.7. The van der Waals surface area contributed by atoms with E-state index in [4.69, 9.17) is 14.6 Å². The third kappa shape index (κ3) is 7.54. The number of fused-ring (bicyclic) bond motifs is 1. The topological polar surface area (TPSA) is 158 Å². The number of urea groups is 1. The summed E-state index contributed by atoms with van der Waals surface area (Å²) in [6, 6.07) is 13.4. The lowest BCUT2D eigenvalue weighted by atomic mass is 9.49. The number of piperidine rings is 2. The van der Waals surface area contributed by atoms with Gasteiger partial charge >= 0.3 is 6.03 Å². The molecule has 3 saturated heterocycles. The number of carbonyl (C=O) groups is 3. The van der Waals surface area contributed by atoms with Crippen LogP contribution in [0.15, 0.2) is 54.9 Å². The molecule has 2 aromatic carbocycles. The molecule has 4 aromatic rings. The standard InChI is InChI=1S/C44H52FN9O5/c1-43(2)40(44(3,4)41(43)59-31-8-6-29(24-46)36(23-31)58-5)50-39(56)28-7-9-35(33(45)22-28)52-19-11-27(12-20-52)26-51-17-13-30(14-18-51)54-38-32(25-48-54)34(10-16-47-38)53-21-15-37(55)49-42(53)57/h6-10,16,22-23,25,27,30,40-41H,11-15,17-21,26H2,1-5H3,(H,50,56)(H,49,55,57). The van der Waals surface area contributed by atoms with E-state index in [9.17, 15) is 19.6 Å². The molecule has 0 bridgehead atoms. The highest BCUT2D eigenvalue weighted by molar-refractivity contribution is 6.09. The minimum atomic E-state index is -0.435. The number of pyridine rings is 1. The molecule has 2 N–H and O–H groups in total. The molecule has 8 rings (SSSR count). The molecule has 310 valence electrons. The van der Waals surface area contributed by atoms with Gasteiger partial charge in [-0.05, 0) is 68.0 Å². The Balaban J connectivity index is 0.817. The van der Waals surface area contributed by atoms with Gasteiger partial charge in [0.25, 0.3) is 5.91 Å². The normalized spacial score (nSPS) is 22.4. The van der Waals surface area contributed by atoms with Crippen molar-refractivity contribution in [3.63, 3.8) is 0 Å². The zero-order chi connectivity index (χ0) is 41.6. The Bertz CT molecular complexity index is 2290. The predicted molar refractivity (Wildman–Crippen MR) is 220 cm³/mol. The van der Waals surface area contributed by atoms with Crippen molar-refractivity contribution in [3.05, 3.63) is 71.8 Å². The van der Waals surface area contributed by atoms with Crippen molar-refractivity contribution < 1.29 is 28.2 Å². The van der Waals surface area contributed by atoms with E-state index in [2.05, 4.69) is 31.5 Å². The molecule has 5 heterocycles. The number of nitrogens with one attached hydrogen (secondary N) is 2. The van der Waals surface area contributed by atoms with Gasteiger partial charge in [0, 0.05) is 80.4 Å². The van der Waals surface area contributed by atoms with Gasteiger partial charge in [-0.15, -0.1) is 0 Å². The highest BCUT2D eigenvalue weighted by Gasteiger charge is 2.64. The van der Waals surface area contributed by atoms with Gasteiger partial charge < -0.3 is 24.6 Å². The van der Waals surface area contributed by atoms with Gasteiger partial charge in [-0.1, -0.05) is 27.7 Å². The molecule has 0 unspecified atom stereocenters. The molecule has 4 aliphatic rings. The van der Waals surface area contributed by atoms with Crippen molar-refractivity contribution in [1.82, 2.24) is 30.3 Å². The lowest BCUT2D eigenvalue weighted by Gasteiger charge is -2.63. The van der Waals surface area contributed by atoms with Crippen LogP contribution < -0.4 is 29.9 Å². The number of likely N-dealkylation sites (tertiary alicyclic amines) is 1. The van der Waals surface area contributed by atoms with Gasteiger partial charge in [-0.2, -0.15) is 10.4 Å². The second-order valence-corrected chi connectivity index (χ2v) is 17.6. The van der Waals surface area contributed by atoms with Crippen molar-refractivity contribution in [3.8, 4) is 17.6 Å². The fourth-order valence-electron chi connectivity index (χ4n) is 10.2. The van der Waals surface area contributed by atoms with Crippen LogP contribution in [-0.4, -0.2) is 96.0 Å². The Kier molecular flexibility index (Phi) is 10.7. The summed E-state index contributed by atoms with van der Waals surface area (Å²) in [5, 5.41) is 20.4. The van der Waals surface area contributed by atoms with Gasteiger partial charge in [0.15, 0.2) is 5.65 Å². The third-order valence-corrected chi connectivity index (χ3v) is 13.1. The van der Waals surface area contributed by atoms with Crippen LogP contribution in [0.4, 0.5) is 20.6 Å². The highest BCUT2D eigenvalue weighted by Crippen LogP contribution is 2.55. The first-order chi connectivity index (χ1) is 28.3. The fourth-order valence-corrected chi connectivity index (χ4v) is 10.2. The van der Waals surface area contributed by atoms with Gasteiger partial charge in [0.2, 0.25) is 5.91 Å². The van der Waals surface area contributed by atoms with Gasteiger partial charge in [0.05, 0.1) is 41.7 Å². The first kappa shape index (κ1) is 40.0. The number of rotatable bonds is 10. The zero-order valence-corrected chi connectivity index (χ0v) is 34.3. The number of nitrogens with zero attached hydrogens (tertiary/aromatic N) is 7. The number of carbonyl (C=O) groups excluding carboxylic acids is 3. The minimum Gasteiger partial charge on any atom is -0.495 e. The van der Waals surface area contributed by atoms with Crippen LogP contribution in [-0.2, 0) is 4.79 Å². The second-order valence-electron chi connectivity index (χ2n) is 17.6. The lowest BCUT2D eigenvalue weighted by molar-refractivity contribution is -0.164. The summed E-state index contributed by atoms with van der Waals surface area (Å²) >= 11 is 0. The summed E-state index contributed by atoms with van der Waals surface area (Å²) < 4.78 is 29.5. The molecule has 0 radical (unpaired) electrons. The largest absolute Gasteiger partial charge is 0.495 e.